The molecule has 0 saturated heterocycles. The molecule has 106 valence electrons. The molecule has 1 aromatic heterocycles. The normalized spacial score (nSPS) is 11.5. The number of rotatable bonds is 5. The van der Waals surface area contributed by atoms with Gasteiger partial charge in [-0.2, -0.15) is 0 Å². The molecule has 9 nitrogen and oxygen atoms in total. The Balaban J connectivity index is 3.06. The van der Waals surface area contributed by atoms with Crippen LogP contribution in [0, 0.1) is 10.1 Å². The zero-order valence-electron chi connectivity index (χ0n) is 11.7. The summed E-state index contributed by atoms with van der Waals surface area (Å²) in [5.41, 5.74) is 7.97. The first-order chi connectivity index (χ1) is 8.70. The lowest BCUT2D eigenvalue weighted by Gasteiger charge is -2.21. The molecule has 1 heterocycles. The summed E-state index contributed by atoms with van der Waals surface area (Å²) in [6.07, 6.45) is 1.26. The molecule has 0 aliphatic heterocycles. The van der Waals surface area contributed by atoms with E-state index >= 15 is 0 Å². The molecule has 0 aliphatic carbocycles. The first-order valence-electron chi connectivity index (χ1n) is 5.67. The Morgan fingerprint density at radius 3 is 2.32 bits per heavy atom. The van der Waals surface area contributed by atoms with Crippen molar-refractivity contribution in [3.63, 3.8) is 0 Å². The highest BCUT2D eigenvalue weighted by Gasteiger charge is 2.24. The molecule has 0 bridgehead atoms. The molecule has 3 N–H and O–H groups in total. The summed E-state index contributed by atoms with van der Waals surface area (Å²) in [6.45, 7) is 5.77. The summed E-state index contributed by atoms with van der Waals surface area (Å²) in [5.74, 6) is 0.238. The van der Waals surface area contributed by atoms with Crippen LogP contribution < -0.4 is 16.3 Å². The predicted octanol–water partition coefficient (Wildman–Crippen LogP) is 0.988. The van der Waals surface area contributed by atoms with E-state index in [9.17, 15) is 10.1 Å². The first-order valence-corrected chi connectivity index (χ1v) is 5.67. The fourth-order valence-corrected chi connectivity index (χ4v) is 1.18. The lowest BCUT2D eigenvalue weighted by Crippen LogP contribution is -2.40. The van der Waals surface area contributed by atoms with E-state index in [0.29, 0.717) is 0 Å². The molecule has 1 rings (SSSR count). The Morgan fingerprint density at radius 2 is 1.84 bits per heavy atom. The lowest BCUT2D eigenvalue weighted by molar-refractivity contribution is -0.383. The second-order valence-electron chi connectivity index (χ2n) is 5.18. The number of hydrogen-bond donors (Lipinski definition) is 3. The van der Waals surface area contributed by atoms with E-state index in [1.807, 2.05) is 20.8 Å². The summed E-state index contributed by atoms with van der Waals surface area (Å²) in [4.78, 5) is 18.4. The molecule has 9 heteroatoms. The predicted molar refractivity (Wildman–Crippen MR) is 72.5 cm³/mol. The van der Waals surface area contributed by atoms with Crippen LogP contribution in [0.5, 0.6) is 0 Å². The summed E-state index contributed by atoms with van der Waals surface area (Å²) in [6, 6.07) is 0. The van der Waals surface area contributed by atoms with Gasteiger partial charge in [-0.1, -0.05) is 0 Å². The highest BCUT2D eigenvalue weighted by Crippen LogP contribution is 2.28. The van der Waals surface area contributed by atoms with Crippen LogP contribution in [0.4, 0.5) is 17.3 Å². The van der Waals surface area contributed by atoms with E-state index in [1.54, 1.807) is 19.1 Å². The Labute approximate surface area is 111 Å². The van der Waals surface area contributed by atoms with E-state index in [4.69, 9.17) is 0 Å². The van der Waals surface area contributed by atoms with Crippen LogP contribution in [0.2, 0.25) is 0 Å². The average Bonchev–Trinajstić information content (AvgIpc) is 2.24. The van der Waals surface area contributed by atoms with Gasteiger partial charge in [0.1, 0.15) is 6.33 Å². The van der Waals surface area contributed by atoms with Crippen LogP contribution in [0.1, 0.15) is 20.8 Å². The fourth-order valence-electron chi connectivity index (χ4n) is 1.18. The van der Waals surface area contributed by atoms with Gasteiger partial charge in [-0.25, -0.2) is 20.4 Å². The molecule has 0 aliphatic rings. The first kappa shape index (κ1) is 15.1. The Hall–Kier alpha value is -2.00. The van der Waals surface area contributed by atoms with E-state index in [-0.39, 0.29) is 22.9 Å². The fraction of sp³-hybridized carbons (Fsp3) is 0.600. The molecule has 0 fully saturated rings. The van der Waals surface area contributed by atoms with Crippen molar-refractivity contribution in [3.05, 3.63) is 16.4 Å². The Morgan fingerprint density at radius 1 is 1.26 bits per heavy atom. The highest BCUT2D eigenvalue weighted by molar-refractivity contribution is 5.68. The van der Waals surface area contributed by atoms with Crippen molar-refractivity contribution in [2.75, 3.05) is 24.9 Å². The van der Waals surface area contributed by atoms with Gasteiger partial charge in [0, 0.05) is 19.6 Å². The molecule has 1 aromatic rings. The van der Waals surface area contributed by atoms with Crippen LogP contribution in [-0.4, -0.2) is 39.5 Å². The maximum atomic E-state index is 11.1. The zero-order valence-corrected chi connectivity index (χ0v) is 11.7. The largest absolute Gasteiger partial charge is 0.355 e. The number of hydrazine groups is 2. The van der Waals surface area contributed by atoms with E-state index < -0.39 is 4.92 Å². The minimum Gasteiger partial charge on any atom is -0.299 e. The third-order valence-electron chi connectivity index (χ3n) is 1.89. The Bertz CT molecular complexity index is 456. The molecule has 0 amide bonds. The summed E-state index contributed by atoms with van der Waals surface area (Å²) >= 11 is 0. The van der Waals surface area contributed by atoms with Gasteiger partial charge in [-0.05, 0) is 20.8 Å². The second-order valence-corrected chi connectivity index (χ2v) is 5.18. The summed E-state index contributed by atoms with van der Waals surface area (Å²) < 4.78 is 0. The minimum absolute atomic E-state index is 0.110. The summed E-state index contributed by atoms with van der Waals surface area (Å²) in [5, 5.41) is 12.7. The van der Waals surface area contributed by atoms with Crippen LogP contribution in [0.25, 0.3) is 0 Å². The number of nitrogens with zero attached hydrogens (tertiary/aromatic N) is 4. The number of aromatic nitrogens is 2. The monoisotopic (exact) mass is 269 g/mol. The molecule has 0 aromatic carbocycles. The SMILES string of the molecule is CN(C)Nc1ncnc(NNC(C)(C)C)c1[N+](=O)[O-]. The van der Waals surface area contributed by atoms with Gasteiger partial charge in [0.2, 0.25) is 11.6 Å². The van der Waals surface area contributed by atoms with Gasteiger partial charge in [0.05, 0.1) is 4.92 Å². The van der Waals surface area contributed by atoms with Gasteiger partial charge in [0.25, 0.3) is 0 Å². The highest BCUT2D eigenvalue weighted by atomic mass is 16.6. The summed E-state index contributed by atoms with van der Waals surface area (Å²) in [7, 11) is 3.43. The van der Waals surface area contributed by atoms with Crippen LogP contribution in [0.3, 0.4) is 0 Å². The molecule has 0 atom stereocenters. The second kappa shape index (κ2) is 5.76. The van der Waals surface area contributed by atoms with Crippen molar-refractivity contribution in [3.8, 4) is 0 Å². The maximum absolute atomic E-state index is 11.1. The third kappa shape index (κ3) is 4.64. The smallest absolute Gasteiger partial charge is 0.299 e. The molecule has 0 spiro atoms. The topological polar surface area (TPSA) is 108 Å². The Kier molecular flexibility index (Phi) is 4.57. The third-order valence-corrected chi connectivity index (χ3v) is 1.89. The van der Waals surface area contributed by atoms with E-state index in [1.165, 1.54) is 6.33 Å². The molecular formula is C10H19N7O2. The van der Waals surface area contributed by atoms with Crippen molar-refractivity contribution in [2.24, 2.45) is 0 Å². The van der Waals surface area contributed by atoms with Gasteiger partial charge in [-0.15, -0.1) is 0 Å². The van der Waals surface area contributed by atoms with Gasteiger partial charge < -0.3 is 0 Å². The van der Waals surface area contributed by atoms with Crippen molar-refractivity contribution in [1.29, 1.82) is 0 Å². The van der Waals surface area contributed by atoms with E-state index in [0.717, 1.165) is 0 Å². The molecule has 19 heavy (non-hydrogen) atoms. The quantitative estimate of drug-likeness (QED) is 0.536. The average molecular weight is 269 g/mol. The van der Waals surface area contributed by atoms with Crippen molar-refractivity contribution in [2.45, 2.75) is 26.3 Å². The molecule has 0 unspecified atom stereocenters. The van der Waals surface area contributed by atoms with Crippen molar-refractivity contribution in [1.82, 2.24) is 20.4 Å². The van der Waals surface area contributed by atoms with Gasteiger partial charge >= 0.3 is 5.69 Å². The zero-order chi connectivity index (χ0) is 14.6. The minimum atomic E-state index is -0.529. The molecular weight excluding hydrogens is 250 g/mol. The van der Waals surface area contributed by atoms with Crippen molar-refractivity contribution < 1.29 is 4.92 Å². The lowest BCUT2D eigenvalue weighted by atomic mass is 10.1. The number of nitro groups is 1. The maximum Gasteiger partial charge on any atom is 0.355 e. The van der Waals surface area contributed by atoms with Gasteiger partial charge in [0.15, 0.2) is 0 Å². The number of nitrogens with one attached hydrogen (secondary N) is 3. The van der Waals surface area contributed by atoms with Crippen LogP contribution in [-0.2, 0) is 0 Å². The van der Waals surface area contributed by atoms with E-state index in [2.05, 4.69) is 26.2 Å². The standard InChI is InChI=1S/C10H19N7O2/c1-10(2,3)15-13-8-7(17(18)19)9(12-6-11-8)14-16(4)5/h6,15H,1-5H3,(H2,11,12,13,14). The number of hydrogen-bond acceptors (Lipinski definition) is 8. The number of anilines is 2. The van der Waals surface area contributed by atoms with Crippen LogP contribution >= 0.6 is 0 Å². The van der Waals surface area contributed by atoms with Crippen LogP contribution in [0.15, 0.2) is 6.33 Å². The molecule has 0 saturated carbocycles. The van der Waals surface area contributed by atoms with Gasteiger partial charge in [-0.3, -0.25) is 21.0 Å². The van der Waals surface area contributed by atoms with Crippen molar-refractivity contribution >= 4 is 17.3 Å². The molecule has 0 radical (unpaired) electrons.